The molecular weight excluding hydrogens is 354 g/mol. The lowest BCUT2D eigenvalue weighted by atomic mass is 9.98. The molecule has 0 aliphatic carbocycles. The molecule has 0 unspecified atom stereocenters. The first-order valence-electron chi connectivity index (χ1n) is 8.90. The van der Waals surface area contributed by atoms with E-state index in [0.717, 1.165) is 27.9 Å². The summed E-state index contributed by atoms with van der Waals surface area (Å²) >= 11 is 0. The standard InChI is InChI=1S/C22H21N3O3/c1-14-5-3-4-6-19(14)20(11-21(26)27)25-22(28)18-10-17(12-23-13-18)16-7-8-24-15(2)9-16/h3-10,12-13,20H,11H2,1-2H3,(H,25,28)(H,26,27)/t20-/m0/s1. The van der Waals surface area contributed by atoms with Gasteiger partial charge in [-0.1, -0.05) is 24.3 Å². The van der Waals surface area contributed by atoms with Gasteiger partial charge in [-0.05, 0) is 48.7 Å². The Labute approximate surface area is 163 Å². The van der Waals surface area contributed by atoms with E-state index in [0.29, 0.717) is 5.56 Å². The SMILES string of the molecule is Cc1cc(-c2cncc(C(=O)N[C@@H](CC(=O)O)c3ccccc3C)c2)ccn1. The number of aryl methyl sites for hydroxylation is 2. The topological polar surface area (TPSA) is 92.2 Å². The van der Waals surface area contributed by atoms with Gasteiger partial charge in [-0.25, -0.2) is 0 Å². The highest BCUT2D eigenvalue weighted by molar-refractivity contribution is 5.95. The number of benzene rings is 1. The highest BCUT2D eigenvalue weighted by Gasteiger charge is 2.20. The van der Waals surface area contributed by atoms with Gasteiger partial charge in [0.2, 0.25) is 0 Å². The fourth-order valence-electron chi connectivity index (χ4n) is 3.08. The molecule has 2 aromatic heterocycles. The van der Waals surface area contributed by atoms with Gasteiger partial charge in [0.15, 0.2) is 0 Å². The van der Waals surface area contributed by atoms with Gasteiger partial charge < -0.3 is 10.4 Å². The second kappa shape index (κ2) is 8.43. The summed E-state index contributed by atoms with van der Waals surface area (Å²) in [6.45, 7) is 3.79. The van der Waals surface area contributed by atoms with E-state index >= 15 is 0 Å². The third-order valence-corrected chi connectivity index (χ3v) is 4.48. The van der Waals surface area contributed by atoms with Gasteiger partial charge >= 0.3 is 5.97 Å². The molecule has 6 heteroatoms. The summed E-state index contributed by atoms with van der Waals surface area (Å²) in [7, 11) is 0. The summed E-state index contributed by atoms with van der Waals surface area (Å²) in [5.74, 6) is -1.35. The van der Waals surface area contributed by atoms with Crippen LogP contribution in [0.2, 0.25) is 0 Å². The molecule has 0 saturated heterocycles. The number of carboxylic acid groups (broad SMARTS) is 1. The molecule has 0 aliphatic heterocycles. The van der Waals surface area contributed by atoms with Crippen molar-refractivity contribution in [1.82, 2.24) is 15.3 Å². The van der Waals surface area contributed by atoms with Gasteiger partial charge in [0.1, 0.15) is 0 Å². The highest BCUT2D eigenvalue weighted by Crippen LogP contribution is 2.23. The predicted molar refractivity (Wildman–Crippen MR) is 106 cm³/mol. The summed E-state index contributed by atoms with van der Waals surface area (Å²) < 4.78 is 0. The molecular formula is C22H21N3O3. The Morgan fingerprint density at radius 1 is 1.07 bits per heavy atom. The maximum atomic E-state index is 12.8. The third-order valence-electron chi connectivity index (χ3n) is 4.48. The van der Waals surface area contributed by atoms with Crippen molar-refractivity contribution < 1.29 is 14.7 Å². The zero-order chi connectivity index (χ0) is 20.1. The van der Waals surface area contributed by atoms with Crippen LogP contribution >= 0.6 is 0 Å². The van der Waals surface area contributed by atoms with Crippen LogP contribution in [0.25, 0.3) is 11.1 Å². The normalized spacial score (nSPS) is 11.6. The fraction of sp³-hybridized carbons (Fsp3) is 0.182. The Hall–Kier alpha value is -3.54. The number of hydrogen-bond donors (Lipinski definition) is 2. The first kappa shape index (κ1) is 19.2. The highest BCUT2D eigenvalue weighted by atomic mass is 16.4. The zero-order valence-corrected chi connectivity index (χ0v) is 15.7. The molecule has 2 N–H and O–H groups in total. The zero-order valence-electron chi connectivity index (χ0n) is 15.7. The number of aliphatic carboxylic acids is 1. The molecule has 6 nitrogen and oxygen atoms in total. The number of pyridine rings is 2. The second-order valence-corrected chi connectivity index (χ2v) is 6.63. The minimum atomic E-state index is -0.979. The first-order valence-corrected chi connectivity index (χ1v) is 8.90. The Bertz CT molecular complexity index is 1020. The molecule has 142 valence electrons. The number of nitrogens with one attached hydrogen (secondary N) is 1. The largest absolute Gasteiger partial charge is 0.481 e. The first-order chi connectivity index (χ1) is 13.4. The van der Waals surface area contributed by atoms with Crippen LogP contribution < -0.4 is 5.32 Å². The molecule has 0 aliphatic rings. The molecule has 1 amide bonds. The Kier molecular flexibility index (Phi) is 5.79. The van der Waals surface area contributed by atoms with Gasteiger partial charge in [-0.15, -0.1) is 0 Å². The van der Waals surface area contributed by atoms with Gasteiger partial charge in [0.25, 0.3) is 5.91 Å². The molecule has 0 spiro atoms. The molecule has 2 heterocycles. The minimum Gasteiger partial charge on any atom is -0.481 e. The van der Waals surface area contributed by atoms with Crippen molar-refractivity contribution in [2.24, 2.45) is 0 Å². The Balaban J connectivity index is 1.87. The van der Waals surface area contributed by atoms with E-state index in [9.17, 15) is 14.7 Å². The quantitative estimate of drug-likeness (QED) is 0.685. The summed E-state index contributed by atoms with van der Waals surface area (Å²) in [5.41, 5.74) is 4.66. The lowest BCUT2D eigenvalue weighted by molar-refractivity contribution is -0.137. The van der Waals surface area contributed by atoms with E-state index in [1.54, 1.807) is 18.5 Å². The van der Waals surface area contributed by atoms with Gasteiger partial charge in [0.05, 0.1) is 18.0 Å². The van der Waals surface area contributed by atoms with Crippen LogP contribution in [0.4, 0.5) is 0 Å². The van der Waals surface area contributed by atoms with E-state index in [-0.39, 0.29) is 12.3 Å². The minimum absolute atomic E-state index is 0.201. The molecule has 1 aromatic carbocycles. The molecule has 0 radical (unpaired) electrons. The maximum Gasteiger partial charge on any atom is 0.305 e. The molecule has 0 bridgehead atoms. The van der Waals surface area contributed by atoms with Crippen molar-refractivity contribution in [1.29, 1.82) is 0 Å². The van der Waals surface area contributed by atoms with Crippen LogP contribution in [-0.4, -0.2) is 27.0 Å². The number of nitrogens with zero attached hydrogens (tertiary/aromatic N) is 2. The van der Waals surface area contributed by atoms with Crippen molar-refractivity contribution >= 4 is 11.9 Å². The molecule has 0 fully saturated rings. The van der Waals surface area contributed by atoms with Crippen molar-refractivity contribution in [2.75, 3.05) is 0 Å². The number of rotatable bonds is 6. The number of carbonyl (C=O) groups is 2. The van der Waals surface area contributed by atoms with Gasteiger partial charge in [-0.2, -0.15) is 0 Å². The van der Waals surface area contributed by atoms with Crippen molar-refractivity contribution in [3.63, 3.8) is 0 Å². The second-order valence-electron chi connectivity index (χ2n) is 6.63. The average Bonchev–Trinajstić information content (AvgIpc) is 2.67. The molecule has 28 heavy (non-hydrogen) atoms. The Morgan fingerprint density at radius 2 is 1.86 bits per heavy atom. The van der Waals surface area contributed by atoms with E-state index < -0.39 is 12.0 Å². The van der Waals surface area contributed by atoms with Crippen molar-refractivity contribution in [3.8, 4) is 11.1 Å². The lowest BCUT2D eigenvalue weighted by Gasteiger charge is -2.19. The lowest BCUT2D eigenvalue weighted by Crippen LogP contribution is -2.30. The smallest absolute Gasteiger partial charge is 0.305 e. The van der Waals surface area contributed by atoms with Gasteiger partial charge in [0, 0.05) is 29.8 Å². The average molecular weight is 375 g/mol. The van der Waals surface area contributed by atoms with Crippen LogP contribution in [0.5, 0.6) is 0 Å². The summed E-state index contributed by atoms with van der Waals surface area (Å²) in [5, 5.41) is 12.1. The van der Waals surface area contributed by atoms with E-state index in [2.05, 4.69) is 15.3 Å². The van der Waals surface area contributed by atoms with Gasteiger partial charge in [-0.3, -0.25) is 19.6 Å². The monoisotopic (exact) mass is 375 g/mol. The molecule has 1 atom stereocenters. The maximum absolute atomic E-state index is 12.8. The number of hydrogen-bond acceptors (Lipinski definition) is 4. The molecule has 3 aromatic rings. The van der Waals surface area contributed by atoms with E-state index in [1.807, 2.05) is 50.2 Å². The predicted octanol–water partition coefficient (Wildman–Crippen LogP) is 3.71. The summed E-state index contributed by atoms with van der Waals surface area (Å²) in [6.07, 6.45) is 4.66. The number of aromatic nitrogens is 2. The van der Waals surface area contributed by atoms with E-state index in [1.165, 1.54) is 6.20 Å². The van der Waals surface area contributed by atoms with Crippen LogP contribution in [0.15, 0.2) is 61.1 Å². The Morgan fingerprint density at radius 3 is 2.57 bits per heavy atom. The molecule has 0 saturated carbocycles. The van der Waals surface area contributed by atoms with Crippen LogP contribution in [0, 0.1) is 13.8 Å². The number of carbonyl (C=O) groups excluding carboxylic acids is 1. The summed E-state index contributed by atoms with van der Waals surface area (Å²) in [4.78, 5) is 32.5. The number of carboxylic acids is 1. The van der Waals surface area contributed by atoms with Crippen molar-refractivity contribution in [3.05, 3.63) is 83.4 Å². The number of amides is 1. The van der Waals surface area contributed by atoms with Crippen LogP contribution in [0.3, 0.4) is 0 Å². The van der Waals surface area contributed by atoms with Crippen molar-refractivity contribution in [2.45, 2.75) is 26.3 Å². The summed E-state index contributed by atoms with van der Waals surface area (Å²) in [6, 6.07) is 12.3. The van der Waals surface area contributed by atoms with E-state index in [4.69, 9.17) is 0 Å². The third kappa shape index (κ3) is 4.59. The van der Waals surface area contributed by atoms with Crippen LogP contribution in [0.1, 0.15) is 39.6 Å². The fourth-order valence-corrected chi connectivity index (χ4v) is 3.08. The molecule has 3 rings (SSSR count). The van der Waals surface area contributed by atoms with Crippen LogP contribution in [-0.2, 0) is 4.79 Å².